The van der Waals surface area contributed by atoms with Crippen molar-refractivity contribution in [2.45, 2.75) is 155 Å². The van der Waals surface area contributed by atoms with Crippen molar-refractivity contribution >= 4 is 17.5 Å². The van der Waals surface area contributed by atoms with Crippen LogP contribution in [0.5, 0.6) is 0 Å². The third-order valence-corrected chi connectivity index (χ3v) is 12.7. The van der Waals surface area contributed by atoms with Crippen LogP contribution in [-0.4, -0.2) is 74.1 Å². The zero-order valence-electron chi connectivity index (χ0n) is 33.4. The van der Waals surface area contributed by atoms with Gasteiger partial charge in [-0.25, -0.2) is 0 Å². The van der Waals surface area contributed by atoms with Crippen molar-refractivity contribution in [2.75, 3.05) is 39.1 Å². The van der Waals surface area contributed by atoms with Gasteiger partial charge in [0.2, 0.25) is 5.91 Å². The molecule has 9 heteroatoms. The highest BCUT2D eigenvalue weighted by Crippen LogP contribution is 2.51. The van der Waals surface area contributed by atoms with Gasteiger partial charge in [0.05, 0.1) is 0 Å². The third-order valence-electron chi connectivity index (χ3n) is 12.7. The molecular formula is C43H68N6O3. The number of amides is 2. The number of hydrogen-bond donors (Lipinski definition) is 4. The van der Waals surface area contributed by atoms with E-state index in [0.717, 1.165) is 67.7 Å². The van der Waals surface area contributed by atoms with Crippen LogP contribution in [0.1, 0.15) is 147 Å². The van der Waals surface area contributed by atoms with E-state index in [2.05, 4.69) is 70.9 Å². The topological polar surface area (TPSA) is 110 Å². The van der Waals surface area contributed by atoms with Crippen molar-refractivity contribution in [1.29, 1.82) is 0 Å². The number of carbonyl (C=O) groups excluding carboxylic acids is 2. The molecule has 1 aromatic heterocycles. The average molecular weight is 717 g/mol. The summed E-state index contributed by atoms with van der Waals surface area (Å²) in [7, 11) is 6.56. The van der Waals surface area contributed by atoms with Gasteiger partial charge in [0.1, 0.15) is 0 Å². The Morgan fingerprint density at radius 1 is 0.885 bits per heavy atom. The minimum atomic E-state index is -0.145. The fourth-order valence-electron chi connectivity index (χ4n) is 9.92. The summed E-state index contributed by atoms with van der Waals surface area (Å²) in [5.41, 5.74) is 6.39. The second kappa shape index (κ2) is 18.2. The number of piperidine rings is 1. The Hall–Kier alpha value is -3.17. The zero-order chi connectivity index (χ0) is 37.4. The number of anilines is 1. The van der Waals surface area contributed by atoms with Crippen LogP contribution in [0.25, 0.3) is 0 Å². The molecule has 3 aliphatic rings. The number of nitrogens with one attached hydrogen (secondary N) is 4. The summed E-state index contributed by atoms with van der Waals surface area (Å²) in [6, 6.07) is 7.58. The summed E-state index contributed by atoms with van der Waals surface area (Å²) in [5, 5.41) is 10.3. The smallest absolute Gasteiger partial charge is 0.253 e. The monoisotopic (exact) mass is 717 g/mol. The van der Waals surface area contributed by atoms with Gasteiger partial charge in [0, 0.05) is 80.2 Å². The van der Waals surface area contributed by atoms with Crippen LogP contribution in [0.15, 0.2) is 23.0 Å². The van der Waals surface area contributed by atoms with E-state index in [0.29, 0.717) is 29.1 Å². The lowest BCUT2D eigenvalue weighted by molar-refractivity contribution is -0.119. The second-order valence-electron chi connectivity index (χ2n) is 17.0. The molecule has 2 atom stereocenters. The van der Waals surface area contributed by atoms with Crippen LogP contribution < -0.4 is 26.4 Å². The Morgan fingerprint density at radius 2 is 1.52 bits per heavy atom. The molecule has 5 rings (SSSR count). The third kappa shape index (κ3) is 10.1. The summed E-state index contributed by atoms with van der Waals surface area (Å²) < 4.78 is 0. The predicted octanol–water partition coefficient (Wildman–Crippen LogP) is 7.02. The molecule has 1 saturated heterocycles. The summed E-state index contributed by atoms with van der Waals surface area (Å²) >= 11 is 0. The molecule has 2 aromatic rings. The van der Waals surface area contributed by atoms with Crippen LogP contribution in [0, 0.1) is 26.2 Å². The number of rotatable bonds is 9. The Kier molecular flexibility index (Phi) is 14.0. The Bertz CT molecular complexity index is 1560. The Balaban J connectivity index is 1.53. The van der Waals surface area contributed by atoms with Crippen LogP contribution in [0.2, 0.25) is 0 Å². The number of aryl methyl sites for hydroxylation is 2. The number of aromatic amines is 1. The fraction of sp³-hybridized carbons (Fsp3) is 0.698. The van der Waals surface area contributed by atoms with Crippen molar-refractivity contribution in [3.05, 3.63) is 62.1 Å². The Labute approximate surface area is 313 Å². The van der Waals surface area contributed by atoms with Gasteiger partial charge < -0.3 is 30.7 Å². The highest BCUT2D eigenvalue weighted by atomic mass is 16.2. The molecule has 0 bridgehead atoms. The van der Waals surface area contributed by atoms with Crippen LogP contribution in [0.3, 0.4) is 0 Å². The van der Waals surface area contributed by atoms with Gasteiger partial charge in [0.25, 0.3) is 11.5 Å². The molecule has 52 heavy (non-hydrogen) atoms. The van der Waals surface area contributed by atoms with Gasteiger partial charge in [0.15, 0.2) is 0 Å². The lowest BCUT2D eigenvalue weighted by atomic mass is 9.61. The maximum Gasteiger partial charge on any atom is 0.253 e. The molecule has 1 spiro atoms. The quantitative estimate of drug-likeness (QED) is 0.222. The largest absolute Gasteiger partial charge is 0.371 e. The van der Waals surface area contributed by atoms with Gasteiger partial charge in [-0.15, -0.1) is 0 Å². The molecule has 288 valence electrons. The van der Waals surface area contributed by atoms with E-state index >= 15 is 0 Å². The molecule has 1 aromatic carbocycles. The summed E-state index contributed by atoms with van der Waals surface area (Å²) in [6.07, 6.45) is 18.0. The van der Waals surface area contributed by atoms with Crippen molar-refractivity contribution in [3.8, 4) is 0 Å². The van der Waals surface area contributed by atoms with E-state index in [1.165, 1.54) is 69.8 Å². The van der Waals surface area contributed by atoms with Crippen LogP contribution in [0.4, 0.5) is 5.69 Å². The van der Waals surface area contributed by atoms with Crippen molar-refractivity contribution < 1.29 is 9.59 Å². The molecule has 2 amide bonds. The van der Waals surface area contributed by atoms with Gasteiger partial charge >= 0.3 is 0 Å². The normalized spacial score (nSPS) is 24.2. The molecule has 2 aliphatic carbocycles. The van der Waals surface area contributed by atoms with Crippen LogP contribution >= 0.6 is 0 Å². The first-order valence-corrected chi connectivity index (χ1v) is 20.4. The molecule has 0 radical (unpaired) electrons. The van der Waals surface area contributed by atoms with E-state index in [9.17, 15) is 14.4 Å². The number of aromatic nitrogens is 1. The molecule has 9 nitrogen and oxygen atoms in total. The lowest BCUT2D eigenvalue weighted by Crippen LogP contribution is -2.52. The minimum Gasteiger partial charge on any atom is -0.371 e. The second-order valence-corrected chi connectivity index (χ2v) is 17.0. The number of benzene rings is 1. The summed E-state index contributed by atoms with van der Waals surface area (Å²) in [5.74, 6) is 0.204. The van der Waals surface area contributed by atoms with E-state index in [-0.39, 0.29) is 35.4 Å². The Morgan fingerprint density at radius 3 is 2.12 bits per heavy atom. The highest BCUT2D eigenvalue weighted by Gasteiger charge is 2.44. The molecule has 2 saturated carbocycles. The average Bonchev–Trinajstić information content (AvgIpc) is 3.13. The van der Waals surface area contributed by atoms with E-state index in [4.69, 9.17) is 0 Å². The summed E-state index contributed by atoms with van der Waals surface area (Å²) in [6.45, 7) is 9.63. The maximum absolute atomic E-state index is 14.3. The van der Waals surface area contributed by atoms with E-state index < -0.39 is 0 Å². The van der Waals surface area contributed by atoms with Crippen molar-refractivity contribution in [3.63, 3.8) is 0 Å². The molecule has 3 fully saturated rings. The molecule has 2 unspecified atom stereocenters. The number of nitrogens with zero attached hydrogens (tertiary/aromatic N) is 2. The number of pyridine rings is 1. The first kappa shape index (κ1) is 40.0. The van der Waals surface area contributed by atoms with Crippen molar-refractivity contribution in [2.24, 2.45) is 5.41 Å². The SMILES string of the molecule is CC(=O)NC1CCC(N(C)c2cc(C3CNC(CN(C)C)CC34CCCCCCCCCC4)cc(C(=O)NCc3c(C)cc(C)[nH]c3=O)c2C)CC1. The zero-order valence-corrected chi connectivity index (χ0v) is 33.4. The van der Waals surface area contributed by atoms with E-state index in [1.54, 1.807) is 6.92 Å². The first-order chi connectivity index (χ1) is 24.9. The van der Waals surface area contributed by atoms with Crippen molar-refractivity contribution in [1.82, 2.24) is 25.8 Å². The number of hydrogen-bond acceptors (Lipinski definition) is 6. The number of H-pyrrole nitrogens is 1. The van der Waals surface area contributed by atoms with E-state index in [1.807, 2.05) is 19.9 Å². The summed E-state index contributed by atoms with van der Waals surface area (Å²) in [4.78, 5) is 46.6. The molecule has 1 aliphatic heterocycles. The van der Waals surface area contributed by atoms with Gasteiger partial charge in [-0.1, -0.05) is 51.4 Å². The molecule has 2 heterocycles. The molecular weight excluding hydrogens is 649 g/mol. The highest BCUT2D eigenvalue weighted by molar-refractivity contribution is 5.97. The van der Waals surface area contributed by atoms with Gasteiger partial charge in [-0.05, 0) is 120 Å². The minimum absolute atomic E-state index is 0.0397. The molecule has 4 N–H and O–H groups in total. The van der Waals surface area contributed by atoms with Crippen LogP contribution in [-0.2, 0) is 11.3 Å². The maximum atomic E-state index is 14.3. The van der Waals surface area contributed by atoms with Gasteiger partial charge in [-0.2, -0.15) is 0 Å². The number of carbonyl (C=O) groups is 2. The fourth-order valence-corrected chi connectivity index (χ4v) is 9.92. The lowest BCUT2D eigenvalue weighted by Gasteiger charge is -2.49. The van der Waals surface area contributed by atoms with Gasteiger partial charge in [-0.3, -0.25) is 14.4 Å². The standard InChI is InChI=1S/C43H68N6O3/c1-29-22-30(2)46-42(52)38(29)26-45-41(51)37-23-33(24-40(31(37)3)49(7)36-18-16-34(17-19-36)47-32(4)50)39-27-44-35(28-48(5)6)25-43(39)20-14-12-10-8-9-11-13-15-21-43/h22-24,34-36,39,44H,8-21,25-28H2,1-7H3,(H,45,51)(H,46,52)(H,47,50). The first-order valence-electron chi connectivity index (χ1n) is 20.4. The predicted molar refractivity (Wildman–Crippen MR) is 213 cm³/mol. The number of likely N-dealkylation sites (N-methyl/N-ethyl adjacent to an activating group) is 1.